The van der Waals surface area contributed by atoms with Gasteiger partial charge in [-0.3, -0.25) is 0 Å². The second-order valence-corrected chi connectivity index (χ2v) is 9.80. The van der Waals surface area contributed by atoms with Gasteiger partial charge in [0.1, 0.15) is 11.7 Å². The molecule has 0 bridgehead atoms. The molecule has 0 aromatic heterocycles. The van der Waals surface area contributed by atoms with Crippen LogP contribution in [0.3, 0.4) is 0 Å². The van der Waals surface area contributed by atoms with Crippen LogP contribution in [0.2, 0.25) is 0 Å². The number of hydrogen-bond acceptors (Lipinski definition) is 4. The highest BCUT2D eigenvalue weighted by molar-refractivity contribution is 9.09. The van der Waals surface area contributed by atoms with E-state index in [0.717, 1.165) is 29.5 Å². The molecule has 0 aliphatic heterocycles. The van der Waals surface area contributed by atoms with E-state index in [1.54, 1.807) is 24.3 Å². The van der Waals surface area contributed by atoms with Crippen LogP contribution in [-0.2, 0) is 19.9 Å². The first kappa shape index (κ1) is 27.8. The SMILES string of the molecule is O=C(O[C@@H](CBr)CCCCOC(c1ccccc1)(c1ccccc1)c1ccccc1)[C@@H](O)c1ccccc1. The molecule has 0 radical (unpaired) electrons. The summed E-state index contributed by atoms with van der Waals surface area (Å²) in [6.07, 6.45) is 0.639. The van der Waals surface area contributed by atoms with Crippen LogP contribution in [0.15, 0.2) is 121 Å². The van der Waals surface area contributed by atoms with E-state index < -0.39 is 17.7 Å². The van der Waals surface area contributed by atoms with Gasteiger partial charge in [0.2, 0.25) is 0 Å². The fourth-order valence-electron chi connectivity index (χ4n) is 4.64. The number of hydrogen-bond donors (Lipinski definition) is 1. The maximum atomic E-state index is 12.5. The van der Waals surface area contributed by atoms with Crippen LogP contribution >= 0.6 is 15.9 Å². The summed E-state index contributed by atoms with van der Waals surface area (Å²) in [7, 11) is 0. The number of rotatable bonds is 13. The highest BCUT2D eigenvalue weighted by atomic mass is 79.9. The van der Waals surface area contributed by atoms with E-state index in [9.17, 15) is 9.90 Å². The van der Waals surface area contributed by atoms with E-state index in [-0.39, 0.29) is 6.10 Å². The Morgan fingerprint density at radius 1 is 0.711 bits per heavy atom. The molecule has 0 aliphatic rings. The normalized spacial score (nSPS) is 13.0. The zero-order valence-corrected chi connectivity index (χ0v) is 22.9. The number of ether oxygens (including phenoxy) is 2. The Kier molecular flexibility index (Phi) is 10.3. The number of unbranched alkanes of at least 4 members (excludes halogenated alkanes) is 1. The number of benzene rings is 4. The summed E-state index contributed by atoms with van der Waals surface area (Å²) in [6, 6.07) is 39.8. The largest absolute Gasteiger partial charge is 0.459 e. The van der Waals surface area contributed by atoms with E-state index in [0.29, 0.717) is 23.9 Å². The summed E-state index contributed by atoms with van der Waals surface area (Å²) in [5, 5.41) is 10.9. The summed E-state index contributed by atoms with van der Waals surface area (Å²) < 4.78 is 12.4. The van der Waals surface area contributed by atoms with Crippen LogP contribution in [-0.4, -0.2) is 29.1 Å². The number of halogens is 1. The van der Waals surface area contributed by atoms with Gasteiger partial charge in [-0.1, -0.05) is 137 Å². The molecule has 4 aromatic rings. The second-order valence-electron chi connectivity index (χ2n) is 9.15. The van der Waals surface area contributed by atoms with Crippen molar-refractivity contribution in [2.45, 2.75) is 37.1 Å². The standard InChI is InChI=1S/C33H33BrO4/c34-25-30(38-32(36)31(35)26-15-5-1-6-16-26)23-13-14-24-37-33(27-17-7-2-8-18-27,28-19-9-3-10-20-28)29-21-11-4-12-22-29/h1-12,15-22,30-31,35H,13-14,23-25H2/t30-,31+/m1/s1. The molecular weight excluding hydrogens is 540 g/mol. The molecule has 4 aromatic carbocycles. The Morgan fingerprint density at radius 2 is 1.16 bits per heavy atom. The predicted molar refractivity (Wildman–Crippen MR) is 154 cm³/mol. The predicted octanol–water partition coefficient (Wildman–Crippen LogP) is 7.21. The lowest BCUT2D eigenvalue weighted by Gasteiger charge is -2.36. The molecule has 0 heterocycles. The summed E-state index contributed by atoms with van der Waals surface area (Å²) in [4.78, 5) is 12.5. The topological polar surface area (TPSA) is 55.8 Å². The van der Waals surface area contributed by atoms with E-state index in [2.05, 4.69) is 52.3 Å². The van der Waals surface area contributed by atoms with E-state index >= 15 is 0 Å². The zero-order valence-electron chi connectivity index (χ0n) is 21.3. The van der Waals surface area contributed by atoms with Crippen molar-refractivity contribution < 1.29 is 19.4 Å². The maximum absolute atomic E-state index is 12.5. The second kappa shape index (κ2) is 14.1. The molecule has 0 saturated carbocycles. The van der Waals surface area contributed by atoms with Crippen LogP contribution < -0.4 is 0 Å². The fourth-order valence-corrected chi connectivity index (χ4v) is 5.09. The zero-order chi connectivity index (χ0) is 26.6. The highest BCUT2D eigenvalue weighted by Crippen LogP contribution is 2.40. The van der Waals surface area contributed by atoms with Gasteiger partial charge in [0, 0.05) is 11.9 Å². The molecule has 0 saturated heterocycles. The maximum Gasteiger partial charge on any atom is 0.339 e. The van der Waals surface area contributed by atoms with Crippen molar-refractivity contribution in [3.63, 3.8) is 0 Å². The first-order valence-corrected chi connectivity index (χ1v) is 14.1. The van der Waals surface area contributed by atoms with Crippen LogP contribution in [0.4, 0.5) is 0 Å². The first-order chi connectivity index (χ1) is 18.6. The molecule has 1 N–H and O–H groups in total. The van der Waals surface area contributed by atoms with Gasteiger partial charge in [-0.15, -0.1) is 0 Å². The lowest BCUT2D eigenvalue weighted by molar-refractivity contribution is -0.158. The molecule has 0 amide bonds. The van der Waals surface area contributed by atoms with Gasteiger partial charge in [-0.25, -0.2) is 4.79 Å². The van der Waals surface area contributed by atoms with Gasteiger partial charge in [0.05, 0.1) is 0 Å². The first-order valence-electron chi connectivity index (χ1n) is 12.9. The van der Waals surface area contributed by atoms with Gasteiger partial charge in [0.15, 0.2) is 6.10 Å². The van der Waals surface area contributed by atoms with Gasteiger partial charge < -0.3 is 14.6 Å². The highest BCUT2D eigenvalue weighted by Gasteiger charge is 2.37. The van der Waals surface area contributed by atoms with Crippen molar-refractivity contribution in [3.8, 4) is 0 Å². The molecular formula is C33H33BrO4. The molecule has 0 fully saturated rings. The number of esters is 1. The molecule has 0 spiro atoms. The van der Waals surface area contributed by atoms with Crippen LogP contribution in [0.1, 0.15) is 47.6 Å². The summed E-state index contributed by atoms with van der Waals surface area (Å²) in [5.41, 5.74) is 2.99. The van der Waals surface area contributed by atoms with E-state index in [1.807, 2.05) is 60.7 Å². The fraction of sp³-hybridized carbons (Fsp3) is 0.242. The van der Waals surface area contributed by atoms with Crippen molar-refractivity contribution in [2.75, 3.05) is 11.9 Å². The molecule has 196 valence electrons. The van der Waals surface area contributed by atoms with Crippen LogP contribution in [0.5, 0.6) is 0 Å². The lowest BCUT2D eigenvalue weighted by atomic mass is 9.80. The van der Waals surface area contributed by atoms with E-state index in [1.165, 1.54) is 0 Å². The Bertz CT molecular complexity index is 1140. The third-order valence-corrected chi connectivity index (χ3v) is 7.30. The summed E-state index contributed by atoms with van der Waals surface area (Å²) in [5.74, 6) is -0.631. The Labute approximate surface area is 233 Å². The minimum Gasteiger partial charge on any atom is -0.459 e. The minimum atomic E-state index is -1.29. The molecule has 0 unspecified atom stereocenters. The molecule has 4 nitrogen and oxygen atoms in total. The summed E-state index contributed by atoms with van der Waals surface area (Å²) >= 11 is 3.45. The third kappa shape index (κ3) is 6.79. The number of alkyl halides is 1. The number of carbonyl (C=O) groups is 1. The number of carbonyl (C=O) groups excluding carboxylic acids is 1. The number of aliphatic hydroxyl groups excluding tert-OH is 1. The summed E-state index contributed by atoms with van der Waals surface area (Å²) in [6.45, 7) is 0.522. The molecule has 0 aliphatic carbocycles. The average molecular weight is 574 g/mol. The Morgan fingerprint density at radius 3 is 1.61 bits per heavy atom. The van der Waals surface area contributed by atoms with Crippen molar-refractivity contribution in [2.24, 2.45) is 0 Å². The average Bonchev–Trinajstić information content (AvgIpc) is 2.99. The van der Waals surface area contributed by atoms with Crippen molar-refractivity contribution >= 4 is 21.9 Å². The van der Waals surface area contributed by atoms with Crippen LogP contribution in [0, 0.1) is 0 Å². The molecule has 4 rings (SSSR count). The van der Waals surface area contributed by atoms with Crippen molar-refractivity contribution in [1.82, 2.24) is 0 Å². The quantitative estimate of drug-likeness (QED) is 0.0795. The van der Waals surface area contributed by atoms with Crippen molar-refractivity contribution in [1.29, 1.82) is 0 Å². The van der Waals surface area contributed by atoms with Gasteiger partial charge in [-0.05, 0) is 41.5 Å². The Balaban J connectivity index is 1.42. The monoisotopic (exact) mass is 572 g/mol. The molecule has 38 heavy (non-hydrogen) atoms. The Hall–Kier alpha value is -3.25. The third-order valence-electron chi connectivity index (χ3n) is 6.57. The smallest absolute Gasteiger partial charge is 0.339 e. The number of aliphatic hydroxyl groups is 1. The molecule has 2 atom stereocenters. The van der Waals surface area contributed by atoms with Crippen LogP contribution in [0.25, 0.3) is 0 Å². The minimum absolute atomic E-state index is 0.331. The van der Waals surface area contributed by atoms with Gasteiger partial charge in [0.25, 0.3) is 0 Å². The lowest BCUT2D eigenvalue weighted by Crippen LogP contribution is -2.33. The van der Waals surface area contributed by atoms with E-state index in [4.69, 9.17) is 9.47 Å². The molecule has 5 heteroatoms. The van der Waals surface area contributed by atoms with Crippen molar-refractivity contribution in [3.05, 3.63) is 144 Å². The van der Waals surface area contributed by atoms with Gasteiger partial charge in [-0.2, -0.15) is 0 Å². The van der Waals surface area contributed by atoms with Gasteiger partial charge >= 0.3 is 5.97 Å².